The summed E-state index contributed by atoms with van der Waals surface area (Å²) >= 11 is 0. The second kappa shape index (κ2) is 7.48. The van der Waals surface area contributed by atoms with Crippen molar-refractivity contribution in [2.75, 3.05) is 19.7 Å². The van der Waals surface area contributed by atoms with Crippen molar-refractivity contribution in [3.05, 3.63) is 0 Å². The first-order valence-corrected chi connectivity index (χ1v) is 5.36. The van der Waals surface area contributed by atoms with Crippen LogP contribution in [0.25, 0.3) is 0 Å². The van der Waals surface area contributed by atoms with Crippen LogP contribution in [0.5, 0.6) is 0 Å². The van der Waals surface area contributed by atoms with Gasteiger partial charge in [-0.1, -0.05) is 0 Å². The van der Waals surface area contributed by atoms with Gasteiger partial charge in [-0.2, -0.15) is 0 Å². The number of esters is 1. The zero-order chi connectivity index (χ0) is 13.4. The number of carboxylic acid groups (broad SMARTS) is 1. The quantitative estimate of drug-likeness (QED) is 0.646. The number of rotatable bonds is 6. The third-order valence-corrected chi connectivity index (χ3v) is 2.00. The van der Waals surface area contributed by atoms with E-state index in [1.165, 1.54) is 11.8 Å². The Balaban J connectivity index is 4.30. The van der Waals surface area contributed by atoms with Crippen LogP contribution in [-0.2, 0) is 14.3 Å². The average Bonchev–Trinajstić information content (AvgIpc) is 2.25. The van der Waals surface area contributed by atoms with E-state index in [0.717, 1.165) is 0 Å². The van der Waals surface area contributed by atoms with Crippen LogP contribution in [0.1, 0.15) is 20.8 Å². The number of carboxylic acids is 1. The van der Waals surface area contributed by atoms with Gasteiger partial charge >= 0.3 is 18.0 Å². The average molecular weight is 246 g/mol. The summed E-state index contributed by atoms with van der Waals surface area (Å²) in [5, 5.41) is 10.9. The number of carbonyl (C=O) groups is 3. The molecule has 0 saturated carbocycles. The Bertz CT molecular complexity index is 292. The number of hydrogen-bond donors (Lipinski definition) is 2. The molecule has 0 radical (unpaired) electrons. The monoisotopic (exact) mass is 246 g/mol. The smallest absolute Gasteiger partial charge is 0.325 e. The van der Waals surface area contributed by atoms with Gasteiger partial charge in [0.1, 0.15) is 12.6 Å². The molecule has 0 fully saturated rings. The second-order valence-electron chi connectivity index (χ2n) is 3.33. The van der Waals surface area contributed by atoms with E-state index in [1.807, 2.05) is 0 Å². The highest BCUT2D eigenvalue weighted by atomic mass is 16.5. The molecule has 0 rings (SSSR count). The molecule has 2 amide bonds. The summed E-state index contributed by atoms with van der Waals surface area (Å²) < 4.78 is 4.70. The van der Waals surface area contributed by atoms with Crippen LogP contribution < -0.4 is 5.32 Å². The molecule has 0 aliphatic carbocycles. The Kier molecular flexibility index (Phi) is 6.69. The van der Waals surface area contributed by atoms with Crippen molar-refractivity contribution >= 4 is 18.0 Å². The molecule has 7 heteroatoms. The van der Waals surface area contributed by atoms with Crippen molar-refractivity contribution < 1.29 is 24.2 Å². The fourth-order valence-corrected chi connectivity index (χ4v) is 1.03. The van der Waals surface area contributed by atoms with Gasteiger partial charge in [-0.3, -0.25) is 9.59 Å². The van der Waals surface area contributed by atoms with E-state index >= 15 is 0 Å². The number of nitrogens with one attached hydrogen (secondary N) is 1. The van der Waals surface area contributed by atoms with Crippen LogP contribution >= 0.6 is 0 Å². The van der Waals surface area contributed by atoms with E-state index in [0.29, 0.717) is 0 Å². The Morgan fingerprint density at radius 1 is 1.35 bits per heavy atom. The lowest BCUT2D eigenvalue weighted by Crippen LogP contribution is -2.48. The lowest BCUT2D eigenvalue weighted by molar-refractivity contribution is -0.143. The number of amides is 2. The van der Waals surface area contributed by atoms with Crippen LogP contribution in [-0.4, -0.2) is 53.7 Å². The number of likely N-dealkylation sites (N-methyl/N-ethyl adjacent to an activating group) is 1. The number of hydrogen-bond acceptors (Lipinski definition) is 4. The van der Waals surface area contributed by atoms with Gasteiger partial charge in [-0.15, -0.1) is 0 Å². The van der Waals surface area contributed by atoms with Crippen LogP contribution in [0, 0.1) is 0 Å². The molecule has 98 valence electrons. The zero-order valence-corrected chi connectivity index (χ0v) is 10.2. The largest absolute Gasteiger partial charge is 0.480 e. The number of ether oxygens (including phenoxy) is 1. The minimum atomic E-state index is -1.13. The SMILES string of the molecule is CCOC(=O)CN(CC)C(=O)NC(C)C(=O)O. The van der Waals surface area contributed by atoms with Gasteiger partial charge in [0, 0.05) is 6.54 Å². The maximum atomic E-state index is 11.6. The molecule has 2 N–H and O–H groups in total. The molecule has 1 atom stereocenters. The van der Waals surface area contributed by atoms with E-state index in [1.54, 1.807) is 13.8 Å². The van der Waals surface area contributed by atoms with Crippen molar-refractivity contribution in [3.63, 3.8) is 0 Å². The van der Waals surface area contributed by atoms with Crippen molar-refractivity contribution in [2.45, 2.75) is 26.8 Å². The molecule has 17 heavy (non-hydrogen) atoms. The van der Waals surface area contributed by atoms with Gasteiger partial charge < -0.3 is 20.1 Å². The highest BCUT2D eigenvalue weighted by Crippen LogP contribution is 1.93. The summed E-state index contributed by atoms with van der Waals surface area (Å²) in [6.45, 7) is 5.03. The highest BCUT2D eigenvalue weighted by molar-refractivity contribution is 5.84. The molecule has 0 aliphatic rings. The molecule has 0 bridgehead atoms. The summed E-state index contributed by atoms with van der Waals surface area (Å²) in [7, 11) is 0. The van der Waals surface area contributed by atoms with Gasteiger partial charge in [0.25, 0.3) is 0 Å². The maximum Gasteiger partial charge on any atom is 0.325 e. The Labute approximate surface area is 99.7 Å². The third kappa shape index (κ3) is 5.74. The predicted octanol–water partition coefficient (Wildman–Crippen LogP) is 0.0541. The summed E-state index contributed by atoms with van der Waals surface area (Å²) in [6.07, 6.45) is 0. The molecule has 0 aromatic rings. The minimum absolute atomic E-state index is 0.192. The topological polar surface area (TPSA) is 95.9 Å². The van der Waals surface area contributed by atoms with Crippen LogP contribution in [0.15, 0.2) is 0 Å². The van der Waals surface area contributed by atoms with E-state index in [9.17, 15) is 14.4 Å². The lowest BCUT2D eigenvalue weighted by atomic mass is 10.3. The normalized spacial score (nSPS) is 11.5. The van der Waals surface area contributed by atoms with Crippen molar-refractivity contribution in [2.24, 2.45) is 0 Å². The molecule has 0 aromatic carbocycles. The van der Waals surface area contributed by atoms with Crippen molar-refractivity contribution in [1.82, 2.24) is 10.2 Å². The lowest BCUT2D eigenvalue weighted by Gasteiger charge is -2.21. The first kappa shape index (κ1) is 15.2. The third-order valence-electron chi connectivity index (χ3n) is 2.00. The minimum Gasteiger partial charge on any atom is -0.480 e. The molecule has 0 saturated heterocycles. The van der Waals surface area contributed by atoms with Crippen molar-refractivity contribution in [1.29, 1.82) is 0 Å². The predicted molar refractivity (Wildman–Crippen MR) is 59.5 cm³/mol. The molecular formula is C10H18N2O5. The summed E-state index contributed by atoms with van der Waals surface area (Å²) in [5.74, 6) is -1.65. The van der Waals surface area contributed by atoms with Gasteiger partial charge in [0.2, 0.25) is 0 Å². The highest BCUT2D eigenvalue weighted by Gasteiger charge is 2.20. The van der Waals surface area contributed by atoms with E-state index in [2.05, 4.69) is 5.32 Å². The maximum absolute atomic E-state index is 11.6. The standard InChI is InChI=1S/C10H18N2O5/c1-4-12(6-8(13)17-5-2)10(16)11-7(3)9(14)15/h7H,4-6H2,1-3H3,(H,11,16)(H,14,15). The number of carbonyl (C=O) groups excluding carboxylic acids is 2. The van der Waals surface area contributed by atoms with Gasteiger partial charge in [0.05, 0.1) is 6.61 Å². The zero-order valence-electron chi connectivity index (χ0n) is 10.2. The Morgan fingerprint density at radius 3 is 2.35 bits per heavy atom. The second-order valence-corrected chi connectivity index (χ2v) is 3.33. The molecular weight excluding hydrogens is 228 g/mol. The first-order valence-electron chi connectivity index (χ1n) is 5.36. The van der Waals surface area contributed by atoms with Crippen LogP contribution in [0.4, 0.5) is 4.79 Å². The molecule has 0 spiro atoms. The number of aliphatic carboxylic acids is 1. The molecule has 1 unspecified atom stereocenters. The van der Waals surface area contributed by atoms with Gasteiger partial charge in [-0.05, 0) is 20.8 Å². The molecule has 0 aromatic heterocycles. The molecule has 7 nitrogen and oxygen atoms in total. The van der Waals surface area contributed by atoms with Crippen LogP contribution in [0.2, 0.25) is 0 Å². The van der Waals surface area contributed by atoms with Gasteiger partial charge in [0.15, 0.2) is 0 Å². The Hall–Kier alpha value is -1.79. The fraction of sp³-hybridized carbons (Fsp3) is 0.700. The summed E-state index contributed by atoms with van der Waals surface area (Å²) in [4.78, 5) is 34.5. The number of urea groups is 1. The Morgan fingerprint density at radius 2 is 1.94 bits per heavy atom. The van der Waals surface area contributed by atoms with E-state index in [-0.39, 0.29) is 19.7 Å². The van der Waals surface area contributed by atoms with E-state index in [4.69, 9.17) is 9.84 Å². The number of nitrogens with zero attached hydrogens (tertiary/aromatic N) is 1. The summed E-state index contributed by atoms with van der Waals surface area (Å²) in [5.41, 5.74) is 0. The molecule has 0 heterocycles. The van der Waals surface area contributed by atoms with E-state index < -0.39 is 24.0 Å². The first-order chi connectivity index (χ1) is 7.92. The van der Waals surface area contributed by atoms with Gasteiger partial charge in [-0.25, -0.2) is 4.79 Å². The molecule has 0 aliphatic heterocycles. The fourth-order valence-electron chi connectivity index (χ4n) is 1.03. The van der Waals surface area contributed by atoms with Crippen molar-refractivity contribution in [3.8, 4) is 0 Å². The van der Waals surface area contributed by atoms with Crippen LogP contribution in [0.3, 0.4) is 0 Å². The summed E-state index contributed by atoms with van der Waals surface area (Å²) in [6, 6.07) is -1.60.